The number of carboxylic acids is 2. The van der Waals surface area contributed by atoms with Gasteiger partial charge in [0.1, 0.15) is 36.0 Å². The van der Waals surface area contributed by atoms with Crippen molar-refractivity contribution in [2.75, 3.05) is 31.7 Å². The lowest BCUT2D eigenvalue weighted by Crippen LogP contribution is -2.59. The van der Waals surface area contributed by atoms with Crippen LogP contribution in [-0.2, 0) is 44.8 Å². The number of phenols is 1. The average molecular weight is 841 g/mol. The molecule has 0 saturated heterocycles. The number of nitrogens with zero attached hydrogens (tertiary/aromatic N) is 1. The molecule has 16 N–H and O–H groups in total. The molecule has 6 atom stereocenters. The van der Waals surface area contributed by atoms with Crippen LogP contribution in [0.2, 0.25) is 0 Å². The molecule has 22 nitrogen and oxygen atoms in total. The number of phenolic OH excluding ortho intramolecular Hbond substituents is 1. The molecule has 0 aliphatic rings. The van der Waals surface area contributed by atoms with Crippen molar-refractivity contribution < 1.29 is 58.8 Å². The van der Waals surface area contributed by atoms with Crippen molar-refractivity contribution in [3.63, 3.8) is 0 Å². The first-order valence-electron chi connectivity index (χ1n) is 18.2. The second-order valence-electron chi connectivity index (χ2n) is 13.4. The number of thioether (sulfide) groups is 1. The Morgan fingerprint density at radius 1 is 0.759 bits per heavy atom. The minimum Gasteiger partial charge on any atom is -0.508 e. The number of carbonyl (C=O) groups is 8. The molecule has 0 aliphatic heterocycles. The van der Waals surface area contributed by atoms with E-state index in [2.05, 4.69) is 36.9 Å². The maximum atomic E-state index is 13.7. The van der Waals surface area contributed by atoms with Crippen molar-refractivity contribution in [1.29, 1.82) is 0 Å². The number of guanidine groups is 1. The first-order valence-corrected chi connectivity index (χ1v) is 19.6. The molecular formula is C35H56N10O12S. The summed E-state index contributed by atoms with van der Waals surface area (Å²) in [6.07, 6.45) is 1.09. The molecule has 1 aromatic carbocycles. The number of aromatic hydroxyl groups is 1. The molecule has 0 heterocycles. The Hall–Kier alpha value is -5.68. The Bertz CT molecular complexity index is 1590. The van der Waals surface area contributed by atoms with E-state index in [1.807, 2.05) is 0 Å². The van der Waals surface area contributed by atoms with Crippen LogP contribution in [0.15, 0.2) is 29.3 Å². The molecule has 0 spiro atoms. The summed E-state index contributed by atoms with van der Waals surface area (Å²) in [6, 6.07) is -2.59. The monoisotopic (exact) mass is 840 g/mol. The van der Waals surface area contributed by atoms with Crippen molar-refractivity contribution >= 4 is 65.1 Å². The topological polar surface area (TPSA) is 380 Å². The Balaban J connectivity index is 3.17. The fourth-order valence-corrected chi connectivity index (χ4v) is 5.56. The van der Waals surface area contributed by atoms with E-state index < -0.39 is 116 Å². The first kappa shape index (κ1) is 50.3. The molecule has 58 heavy (non-hydrogen) atoms. The Kier molecular flexibility index (Phi) is 22.8. The van der Waals surface area contributed by atoms with Gasteiger partial charge in [0, 0.05) is 19.4 Å². The van der Waals surface area contributed by atoms with Gasteiger partial charge in [0.05, 0.1) is 19.2 Å². The molecule has 0 unspecified atom stereocenters. The molecule has 0 saturated carbocycles. The lowest BCUT2D eigenvalue weighted by molar-refractivity contribution is -0.142. The van der Waals surface area contributed by atoms with Gasteiger partial charge in [0.15, 0.2) is 5.96 Å². The summed E-state index contributed by atoms with van der Waals surface area (Å²) < 4.78 is 0. The lowest BCUT2D eigenvalue weighted by atomic mass is 10.0. The maximum Gasteiger partial charge on any atom is 0.326 e. The van der Waals surface area contributed by atoms with Crippen LogP contribution in [0, 0.1) is 5.92 Å². The molecule has 6 amide bonds. The molecule has 0 aromatic heterocycles. The van der Waals surface area contributed by atoms with Crippen LogP contribution >= 0.6 is 11.8 Å². The zero-order valence-electron chi connectivity index (χ0n) is 32.6. The summed E-state index contributed by atoms with van der Waals surface area (Å²) in [6.45, 7) is 1.76. The Labute approximate surface area is 339 Å². The van der Waals surface area contributed by atoms with Gasteiger partial charge in [-0.25, -0.2) is 4.79 Å². The molecule has 0 fully saturated rings. The summed E-state index contributed by atoms with van der Waals surface area (Å²) in [4.78, 5) is 106. The normalized spacial score (nSPS) is 14.0. The standard InChI is InChI=1S/C35H56N10O12S/c1-18(2)28(33(55)43-23(34(56)57)12-14-58-3)45-31(53)22(10-11-27(49)50)42-32(54)24(15-19-6-8-20(47)9-7-19)41-26(48)16-40-30(52)25(17-46)44-29(51)21(36)5-4-13-39-35(37)38/h6-9,18,21-25,28,46-47H,4-5,10-17,36H2,1-3H3,(H,40,52)(H,41,48)(H,42,54)(H,43,55)(H,44,51)(H,45,53)(H,49,50)(H,56,57)(H4,37,38,39)/t21-,22-,23-,24-,25-,28-/m0/s1. The van der Waals surface area contributed by atoms with Crippen LogP contribution in [-0.4, -0.2) is 142 Å². The van der Waals surface area contributed by atoms with Crippen molar-refractivity contribution in [2.24, 2.45) is 28.1 Å². The van der Waals surface area contributed by atoms with Crippen LogP contribution in [0.1, 0.15) is 51.5 Å². The molecular weight excluding hydrogens is 785 g/mol. The number of carbonyl (C=O) groups excluding carboxylic acids is 6. The number of aliphatic hydroxyl groups is 1. The van der Waals surface area contributed by atoms with Crippen LogP contribution < -0.4 is 49.1 Å². The fourth-order valence-electron chi connectivity index (χ4n) is 5.09. The summed E-state index contributed by atoms with van der Waals surface area (Å²) in [5, 5.41) is 52.6. The number of nitrogens with two attached hydrogens (primary N) is 3. The van der Waals surface area contributed by atoms with Gasteiger partial charge in [-0.2, -0.15) is 11.8 Å². The number of nitrogens with one attached hydrogen (secondary N) is 6. The highest BCUT2D eigenvalue weighted by molar-refractivity contribution is 7.98. The van der Waals surface area contributed by atoms with Crippen molar-refractivity contribution in [3.05, 3.63) is 29.8 Å². The lowest BCUT2D eigenvalue weighted by Gasteiger charge is -2.27. The first-order chi connectivity index (χ1) is 27.3. The third-order valence-corrected chi connectivity index (χ3v) is 8.97. The van der Waals surface area contributed by atoms with Gasteiger partial charge in [-0.1, -0.05) is 26.0 Å². The van der Waals surface area contributed by atoms with Crippen LogP contribution in [0.5, 0.6) is 5.75 Å². The van der Waals surface area contributed by atoms with E-state index in [1.165, 1.54) is 36.0 Å². The van der Waals surface area contributed by atoms with E-state index in [0.29, 0.717) is 17.7 Å². The summed E-state index contributed by atoms with van der Waals surface area (Å²) >= 11 is 1.37. The van der Waals surface area contributed by atoms with Gasteiger partial charge >= 0.3 is 11.9 Å². The van der Waals surface area contributed by atoms with Gasteiger partial charge < -0.3 is 69.5 Å². The molecule has 1 rings (SSSR count). The smallest absolute Gasteiger partial charge is 0.326 e. The third-order valence-electron chi connectivity index (χ3n) is 8.32. The number of benzene rings is 1. The van der Waals surface area contributed by atoms with E-state index in [-0.39, 0.29) is 37.5 Å². The Morgan fingerprint density at radius 2 is 1.36 bits per heavy atom. The fraction of sp³-hybridized carbons (Fsp3) is 0.571. The number of rotatable bonds is 27. The molecule has 23 heteroatoms. The van der Waals surface area contributed by atoms with Crippen LogP contribution in [0.3, 0.4) is 0 Å². The number of amides is 6. The molecule has 0 aliphatic carbocycles. The van der Waals surface area contributed by atoms with E-state index in [1.54, 1.807) is 20.1 Å². The number of hydrogen-bond donors (Lipinski definition) is 13. The summed E-state index contributed by atoms with van der Waals surface area (Å²) in [5.41, 5.74) is 16.8. The second kappa shape index (κ2) is 26.3. The SMILES string of the molecule is CSCC[C@H](NC(=O)[C@@H](NC(=O)[C@H](CCC(=O)O)NC(=O)[C@H](Cc1ccc(O)cc1)NC(=O)CNC(=O)[C@H](CO)NC(=O)[C@@H](N)CCCN=C(N)N)C(C)C)C(=O)O. The number of aliphatic imine (C=N–C) groups is 1. The zero-order valence-corrected chi connectivity index (χ0v) is 33.4. The molecule has 0 bridgehead atoms. The van der Waals surface area contributed by atoms with Crippen LogP contribution in [0.25, 0.3) is 0 Å². The largest absolute Gasteiger partial charge is 0.508 e. The summed E-state index contributed by atoms with van der Waals surface area (Å²) in [5.74, 6) is -8.39. The Morgan fingerprint density at radius 3 is 1.91 bits per heavy atom. The third kappa shape index (κ3) is 19.5. The van der Waals surface area contributed by atoms with Gasteiger partial charge in [-0.15, -0.1) is 0 Å². The highest BCUT2D eigenvalue weighted by atomic mass is 32.2. The second-order valence-corrected chi connectivity index (χ2v) is 14.4. The number of carboxylic acid groups (broad SMARTS) is 2. The summed E-state index contributed by atoms with van der Waals surface area (Å²) in [7, 11) is 0. The molecule has 1 aromatic rings. The highest BCUT2D eigenvalue weighted by Crippen LogP contribution is 2.13. The van der Waals surface area contributed by atoms with E-state index in [4.69, 9.17) is 17.2 Å². The minimum absolute atomic E-state index is 0.0954. The maximum absolute atomic E-state index is 13.7. The quantitative estimate of drug-likeness (QED) is 0.0230. The van der Waals surface area contributed by atoms with Gasteiger partial charge in [0.2, 0.25) is 35.4 Å². The van der Waals surface area contributed by atoms with Crippen molar-refractivity contribution in [2.45, 2.75) is 88.6 Å². The number of aliphatic carboxylic acids is 2. The highest BCUT2D eigenvalue weighted by Gasteiger charge is 2.33. The van der Waals surface area contributed by atoms with E-state index >= 15 is 0 Å². The van der Waals surface area contributed by atoms with Gasteiger partial charge in [-0.3, -0.25) is 38.6 Å². The van der Waals surface area contributed by atoms with Gasteiger partial charge in [-0.05, 0) is 61.3 Å². The zero-order chi connectivity index (χ0) is 43.9. The predicted molar refractivity (Wildman–Crippen MR) is 212 cm³/mol. The average Bonchev–Trinajstić information content (AvgIpc) is 3.16. The molecule has 0 radical (unpaired) electrons. The van der Waals surface area contributed by atoms with E-state index in [0.717, 1.165) is 0 Å². The van der Waals surface area contributed by atoms with Crippen LogP contribution in [0.4, 0.5) is 0 Å². The molecule has 324 valence electrons. The van der Waals surface area contributed by atoms with Gasteiger partial charge in [0.25, 0.3) is 0 Å². The minimum atomic E-state index is -1.56. The van der Waals surface area contributed by atoms with Crippen molar-refractivity contribution in [1.82, 2.24) is 31.9 Å². The number of hydrogen-bond acceptors (Lipinski definition) is 13. The predicted octanol–water partition coefficient (Wildman–Crippen LogP) is -3.79. The van der Waals surface area contributed by atoms with E-state index in [9.17, 15) is 58.8 Å². The number of aliphatic hydroxyl groups excluding tert-OH is 1. The van der Waals surface area contributed by atoms with Crippen molar-refractivity contribution in [3.8, 4) is 5.75 Å².